The standard InChI is InChI=1S/C26H30ClN3O2S/c1-16-7-13-20(29-25(31)17-9-11-18(27)12-10-17)22-21(14-8-16)33-24-23(22)28-15-30(26(24)32)19-5-3-2-4-6-19/h7,9-13,15-16,19,21,23-24H,2-6,8,14H2,1H3,(H,29,31)/b13-7-,22-20-. The second-order valence-corrected chi connectivity index (χ2v) is 11.3. The molecule has 0 spiro atoms. The third-order valence-electron chi connectivity index (χ3n) is 7.22. The fourth-order valence-electron chi connectivity index (χ4n) is 5.34. The van der Waals surface area contributed by atoms with Gasteiger partial charge in [0.15, 0.2) is 0 Å². The molecule has 1 aromatic rings. The Morgan fingerprint density at radius 3 is 2.64 bits per heavy atom. The van der Waals surface area contributed by atoms with E-state index in [1.165, 1.54) is 19.3 Å². The number of hydrogen-bond donors (Lipinski definition) is 1. The summed E-state index contributed by atoms with van der Waals surface area (Å²) in [5.74, 6) is 0.427. The number of amides is 2. The van der Waals surface area contributed by atoms with Gasteiger partial charge in [-0.3, -0.25) is 19.5 Å². The van der Waals surface area contributed by atoms with E-state index in [1.807, 2.05) is 11.0 Å². The molecule has 1 saturated heterocycles. The lowest BCUT2D eigenvalue weighted by Crippen LogP contribution is -2.50. The molecular formula is C26H30ClN3O2S. The molecule has 174 valence electrons. The third kappa shape index (κ3) is 4.65. The first-order chi connectivity index (χ1) is 16.0. The molecule has 7 heteroatoms. The highest BCUT2D eigenvalue weighted by molar-refractivity contribution is 8.01. The Kier molecular flexibility index (Phi) is 6.66. The number of thioether (sulfide) groups is 1. The van der Waals surface area contributed by atoms with Crippen LogP contribution in [-0.2, 0) is 4.79 Å². The largest absolute Gasteiger partial charge is 0.322 e. The second-order valence-electron chi connectivity index (χ2n) is 9.54. The van der Waals surface area contributed by atoms with Crippen LogP contribution in [0.2, 0.25) is 5.02 Å². The summed E-state index contributed by atoms with van der Waals surface area (Å²) in [6.07, 6.45) is 13.7. The molecule has 4 unspecified atom stereocenters. The molecule has 0 radical (unpaired) electrons. The number of benzene rings is 1. The maximum absolute atomic E-state index is 13.5. The van der Waals surface area contributed by atoms with Crippen LogP contribution in [0, 0.1) is 5.92 Å². The average Bonchev–Trinajstić information content (AvgIpc) is 3.19. The van der Waals surface area contributed by atoms with E-state index >= 15 is 0 Å². The summed E-state index contributed by atoms with van der Waals surface area (Å²) in [5, 5.41) is 3.71. The molecule has 1 N–H and O–H groups in total. The Balaban J connectivity index is 1.47. The lowest BCUT2D eigenvalue weighted by Gasteiger charge is -2.36. The molecule has 2 fully saturated rings. The number of hydrogen-bond acceptors (Lipinski definition) is 4. The average molecular weight is 484 g/mol. The predicted octanol–water partition coefficient (Wildman–Crippen LogP) is 5.37. The van der Waals surface area contributed by atoms with Crippen molar-refractivity contribution in [1.29, 1.82) is 0 Å². The maximum atomic E-state index is 13.5. The number of fused-ring (bicyclic) bond motifs is 3. The lowest BCUT2D eigenvalue weighted by molar-refractivity contribution is -0.129. The van der Waals surface area contributed by atoms with Crippen LogP contribution < -0.4 is 5.32 Å². The Bertz CT molecular complexity index is 1010. The van der Waals surface area contributed by atoms with Crippen molar-refractivity contribution in [3.8, 4) is 0 Å². The van der Waals surface area contributed by atoms with Gasteiger partial charge in [-0.1, -0.05) is 43.9 Å². The highest BCUT2D eigenvalue weighted by atomic mass is 35.5. The number of allylic oxidation sites excluding steroid dienone is 2. The Morgan fingerprint density at radius 2 is 1.88 bits per heavy atom. The zero-order valence-corrected chi connectivity index (χ0v) is 20.4. The van der Waals surface area contributed by atoms with E-state index in [4.69, 9.17) is 16.6 Å². The number of halogens is 1. The van der Waals surface area contributed by atoms with E-state index in [9.17, 15) is 9.59 Å². The van der Waals surface area contributed by atoms with Crippen LogP contribution in [0.5, 0.6) is 0 Å². The lowest BCUT2D eigenvalue weighted by atomic mass is 9.89. The fraction of sp³-hybridized carbons (Fsp3) is 0.500. The van der Waals surface area contributed by atoms with Gasteiger partial charge < -0.3 is 5.32 Å². The predicted molar refractivity (Wildman–Crippen MR) is 135 cm³/mol. The number of aliphatic imine (C=N–C) groups is 1. The van der Waals surface area contributed by atoms with Gasteiger partial charge in [0.2, 0.25) is 5.91 Å². The molecule has 5 rings (SSSR count). The van der Waals surface area contributed by atoms with Gasteiger partial charge in [-0.15, -0.1) is 11.8 Å². The van der Waals surface area contributed by atoms with Crippen LogP contribution in [0.1, 0.15) is 62.2 Å². The van der Waals surface area contributed by atoms with Crippen molar-refractivity contribution in [3.63, 3.8) is 0 Å². The van der Waals surface area contributed by atoms with E-state index in [1.54, 1.807) is 42.4 Å². The van der Waals surface area contributed by atoms with Crippen LogP contribution in [0.3, 0.4) is 0 Å². The summed E-state index contributed by atoms with van der Waals surface area (Å²) in [5.41, 5.74) is 2.44. The molecule has 0 aromatic heterocycles. The van der Waals surface area contributed by atoms with Crippen molar-refractivity contribution >= 4 is 41.5 Å². The van der Waals surface area contributed by atoms with Crippen molar-refractivity contribution in [2.45, 2.75) is 74.5 Å². The molecule has 1 saturated carbocycles. The highest BCUT2D eigenvalue weighted by Crippen LogP contribution is 2.47. The first kappa shape index (κ1) is 22.7. The quantitative estimate of drug-likeness (QED) is 0.629. The smallest absolute Gasteiger partial charge is 0.255 e. The van der Waals surface area contributed by atoms with Gasteiger partial charge in [-0.05, 0) is 67.5 Å². The van der Waals surface area contributed by atoms with Gasteiger partial charge in [0.1, 0.15) is 5.25 Å². The normalized spacial score (nSPS) is 33.2. The van der Waals surface area contributed by atoms with Gasteiger partial charge in [0.05, 0.1) is 12.4 Å². The summed E-state index contributed by atoms with van der Waals surface area (Å²) >= 11 is 7.73. The van der Waals surface area contributed by atoms with Crippen LogP contribution >= 0.6 is 23.4 Å². The zero-order valence-electron chi connectivity index (χ0n) is 18.9. The van der Waals surface area contributed by atoms with Crippen molar-refractivity contribution in [3.05, 3.63) is 58.3 Å². The SMILES string of the molecule is CC1/C=C\C(NC(=O)c2ccc(Cl)cc2)=C2/C(CC1)SC1C(=O)N(C3CCCCC3)C=NC21. The van der Waals surface area contributed by atoms with Crippen molar-refractivity contribution in [1.82, 2.24) is 10.2 Å². The molecule has 5 nitrogen and oxygen atoms in total. The molecule has 4 atom stereocenters. The van der Waals surface area contributed by atoms with Crippen LogP contribution in [0.25, 0.3) is 0 Å². The molecule has 2 aliphatic carbocycles. The second kappa shape index (κ2) is 9.67. The molecule has 1 aromatic carbocycles. The first-order valence-corrected chi connectivity index (χ1v) is 13.3. The number of carbonyl (C=O) groups is 2. The number of rotatable bonds is 3. The highest BCUT2D eigenvalue weighted by Gasteiger charge is 2.49. The van der Waals surface area contributed by atoms with Crippen LogP contribution in [0.15, 0.2) is 52.7 Å². The Labute approximate surface area is 204 Å². The molecule has 2 aliphatic heterocycles. The molecule has 0 bridgehead atoms. The number of carbonyl (C=O) groups excluding carboxylic acids is 2. The van der Waals surface area contributed by atoms with E-state index in [-0.39, 0.29) is 34.4 Å². The van der Waals surface area contributed by atoms with E-state index in [0.29, 0.717) is 16.5 Å². The molecule has 2 amide bonds. The van der Waals surface area contributed by atoms with Gasteiger partial charge >= 0.3 is 0 Å². The molecule has 33 heavy (non-hydrogen) atoms. The number of nitrogens with one attached hydrogen (secondary N) is 1. The summed E-state index contributed by atoms with van der Waals surface area (Å²) in [7, 11) is 0. The summed E-state index contributed by atoms with van der Waals surface area (Å²) in [4.78, 5) is 33.4. The first-order valence-electron chi connectivity index (χ1n) is 12.0. The van der Waals surface area contributed by atoms with Gasteiger partial charge in [0.25, 0.3) is 5.91 Å². The minimum absolute atomic E-state index is 0.172. The monoisotopic (exact) mass is 483 g/mol. The topological polar surface area (TPSA) is 61.8 Å². The van der Waals surface area contributed by atoms with E-state index < -0.39 is 0 Å². The van der Waals surface area contributed by atoms with E-state index in [2.05, 4.69) is 18.3 Å². The van der Waals surface area contributed by atoms with Crippen LogP contribution in [0.4, 0.5) is 0 Å². The number of nitrogens with zero attached hydrogens (tertiary/aromatic N) is 2. The van der Waals surface area contributed by atoms with Gasteiger partial charge in [-0.2, -0.15) is 0 Å². The Morgan fingerprint density at radius 1 is 1.12 bits per heavy atom. The zero-order chi connectivity index (χ0) is 22.9. The van der Waals surface area contributed by atoms with Gasteiger partial charge in [0, 0.05) is 27.6 Å². The van der Waals surface area contributed by atoms with Gasteiger partial charge in [-0.25, -0.2) is 0 Å². The summed E-state index contributed by atoms with van der Waals surface area (Å²) < 4.78 is 0. The minimum Gasteiger partial charge on any atom is -0.322 e. The van der Waals surface area contributed by atoms with Crippen molar-refractivity contribution in [2.24, 2.45) is 10.9 Å². The maximum Gasteiger partial charge on any atom is 0.255 e. The minimum atomic E-state index is -0.217. The summed E-state index contributed by atoms with van der Waals surface area (Å²) in [6.45, 7) is 2.20. The molecule has 2 heterocycles. The Hall–Kier alpha value is -2.05. The molecule has 4 aliphatic rings. The van der Waals surface area contributed by atoms with E-state index in [0.717, 1.165) is 37.0 Å². The van der Waals surface area contributed by atoms with Crippen LogP contribution in [-0.4, -0.2) is 45.6 Å². The fourth-order valence-corrected chi connectivity index (χ4v) is 7.11. The van der Waals surface area contributed by atoms with Crippen molar-refractivity contribution in [2.75, 3.05) is 0 Å². The molecular weight excluding hydrogens is 454 g/mol. The third-order valence-corrected chi connectivity index (χ3v) is 9.04. The van der Waals surface area contributed by atoms with Crippen molar-refractivity contribution < 1.29 is 9.59 Å². The summed E-state index contributed by atoms with van der Waals surface area (Å²) in [6, 6.07) is 6.96.